The third-order valence-corrected chi connectivity index (χ3v) is 1.41. The molecule has 0 bridgehead atoms. The smallest absolute Gasteiger partial charge is 0.271 e. The number of carbonyl (C=O) groups excluding carboxylic acids is 1. The number of anilines is 1. The molecule has 0 aliphatic rings. The van der Waals surface area contributed by atoms with E-state index in [1.165, 1.54) is 13.2 Å². The molecule has 6 heteroatoms. The Morgan fingerprint density at radius 1 is 1.75 bits per heavy atom. The highest BCUT2D eigenvalue weighted by Gasteiger charge is 2.10. The summed E-state index contributed by atoms with van der Waals surface area (Å²) in [5.41, 5.74) is 5.72. The van der Waals surface area contributed by atoms with Crippen molar-refractivity contribution in [3.8, 4) is 0 Å². The Morgan fingerprint density at radius 2 is 2.42 bits per heavy atom. The predicted octanol–water partition coefficient (Wildman–Crippen LogP) is 0.0718. The number of hydrogen-bond acceptors (Lipinski definition) is 4. The Kier molecular flexibility index (Phi) is 2.44. The largest absolute Gasteiger partial charge is 0.396 e. The topological polar surface area (TPSA) is 80.9 Å². The van der Waals surface area contributed by atoms with Crippen LogP contribution in [0.2, 0.25) is 5.28 Å². The van der Waals surface area contributed by atoms with E-state index >= 15 is 0 Å². The molecule has 64 valence electrons. The van der Waals surface area contributed by atoms with Gasteiger partial charge in [-0.3, -0.25) is 4.79 Å². The monoisotopic (exact) mass is 186 g/mol. The molecule has 0 fully saturated rings. The number of nitrogens with two attached hydrogens (primary N) is 1. The van der Waals surface area contributed by atoms with Crippen LogP contribution < -0.4 is 11.1 Å². The van der Waals surface area contributed by atoms with Crippen LogP contribution in [0.3, 0.4) is 0 Å². The highest BCUT2D eigenvalue weighted by molar-refractivity contribution is 6.28. The maximum Gasteiger partial charge on any atom is 0.271 e. The molecule has 0 atom stereocenters. The van der Waals surface area contributed by atoms with Gasteiger partial charge in [-0.05, 0) is 11.6 Å². The number of aromatic nitrogens is 2. The van der Waals surface area contributed by atoms with Gasteiger partial charge >= 0.3 is 0 Å². The molecule has 1 aromatic heterocycles. The zero-order chi connectivity index (χ0) is 9.14. The summed E-state index contributed by atoms with van der Waals surface area (Å²) in [6.07, 6.45) is 1.29. The fourth-order valence-corrected chi connectivity index (χ4v) is 0.803. The van der Waals surface area contributed by atoms with Crippen LogP contribution in [0.25, 0.3) is 0 Å². The van der Waals surface area contributed by atoms with Gasteiger partial charge in [-0.2, -0.15) is 0 Å². The van der Waals surface area contributed by atoms with Crippen LogP contribution in [0.5, 0.6) is 0 Å². The summed E-state index contributed by atoms with van der Waals surface area (Å²) in [5, 5.41) is 2.38. The molecule has 1 heterocycles. The van der Waals surface area contributed by atoms with Crippen molar-refractivity contribution in [2.24, 2.45) is 0 Å². The van der Waals surface area contributed by atoms with E-state index in [1.54, 1.807) is 0 Å². The fourth-order valence-electron chi connectivity index (χ4n) is 0.670. The van der Waals surface area contributed by atoms with E-state index in [9.17, 15) is 4.79 Å². The van der Waals surface area contributed by atoms with Gasteiger partial charge < -0.3 is 11.1 Å². The van der Waals surface area contributed by atoms with Crippen LogP contribution in [0.4, 0.5) is 5.69 Å². The van der Waals surface area contributed by atoms with E-state index in [4.69, 9.17) is 17.3 Å². The molecule has 0 aliphatic carbocycles. The Bertz CT molecular complexity index is 314. The van der Waals surface area contributed by atoms with Gasteiger partial charge in [0.1, 0.15) is 0 Å². The van der Waals surface area contributed by atoms with Crippen molar-refractivity contribution < 1.29 is 4.79 Å². The van der Waals surface area contributed by atoms with Gasteiger partial charge in [-0.25, -0.2) is 9.97 Å². The number of nitrogens with zero attached hydrogens (tertiary/aromatic N) is 2. The van der Waals surface area contributed by atoms with E-state index in [0.29, 0.717) is 0 Å². The zero-order valence-electron chi connectivity index (χ0n) is 6.34. The van der Waals surface area contributed by atoms with Crippen molar-refractivity contribution >= 4 is 23.2 Å². The van der Waals surface area contributed by atoms with Gasteiger partial charge in [0, 0.05) is 7.05 Å². The third kappa shape index (κ3) is 1.62. The zero-order valence-corrected chi connectivity index (χ0v) is 7.09. The molecule has 1 amide bonds. The second kappa shape index (κ2) is 3.36. The van der Waals surface area contributed by atoms with Gasteiger partial charge in [0.25, 0.3) is 5.91 Å². The first-order valence-corrected chi connectivity index (χ1v) is 3.53. The van der Waals surface area contributed by atoms with E-state index in [0.717, 1.165) is 0 Å². The van der Waals surface area contributed by atoms with Crippen molar-refractivity contribution in [1.29, 1.82) is 0 Å². The molecule has 1 aromatic rings. The lowest BCUT2D eigenvalue weighted by molar-refractivity contribution is 0.0959. The van der Waals surface area contributed by atoms with Gasteiger partial charge in [0.2, 0.25) is 5.28 Å². The summed E-state index contributed by atoms with van der Waals surface area (Å²) in [6.45, 7) is 0. The van der Waals surface area contributed by atoms with Crippen molar-refractivity contribution in [3.05, 3.63) is 17.2 Å². The summed E-state index contributed by atoms with van der Waals surface area (Å²) in [5.74, 6) is -0.378. The van der Waals surface area contributed by atoms with Crippen molar-refractivity contribution in [1.82, 2.24) is 15.3 Å². The lowest BCUT2D eigenvalue weighted by atomic mass is 10.3. The minimum Gasteiger partial charge on any atom is -0.396 e. The lowest BCUT2D eigenvalue weighted by Gasteiger charge is -2.01. The van der Waals surface area contributed by atoms with Crippen molar-refractivity contribution in [2.75, 3.05) is 12.8 Å². The van der Waals surface area contributed by atoms with Crippen LogP contribution in [0.1, 0.15) is 10.5 Å². The number of nitrogen functional groups attached to an aromatic ring is 1. The molecule has 0 radical (unpaired) electrons. The molecule has 0 unspecified atom stereocenters. The Morgan fingerprint density at radius 3 is 3.00 bits per heavy atom. The fraction of sp³-hybridized carbons (Fsp3) is 0.167. The summed E-state index contributed by atoms with van der Waals surface area (Å²) in [4.78, 5) is 18.3. The summed E-state index contributed by atoms with van der Waals surface area (Å²) < 4.78 is 0. The third-order valence-electron chi connectivity index (χ3n) is 1.23. The first-order valence-electron chi connectivity index (χ1n) is 3.15. The summed E-state index contributed by atoms with van der Waals surface area (Å²) in [6, 6.07) is 0. The molecule has 0 saturated carbocycles. The van der Waals surface area contributed by atoms with Gasteiger partial charge in [0.15, 0.2) is 5.69 Å². The van der Waals surface area contributed by atoms with E-state index < -0.39 is 0 Å². The lowest BCUT2D eigenvalue weighted by Crippen LogP contribution is -2.21. The molecule has 0 aromatic carbocycles. The quantitative estimate of drug-likeness (QED) is 0.609. The van der Waals surface area contributed by atoms with Gasteiger partial charge in [0.05, 0.1) is 11.9 Å². The van der Waals surface area contributed by atoms with Crippen LogP contribution in [-0.4, -0.2) is 22.9 Å². The number of hydrogen-bond donors (Lipinski definition) is 2. The molecule has 3 N–H and O–H groups in total. The number of amides is 1. The molecule has 1 rings (SSSR count). The Hall–Kier alpha value is -1.36. The molecule has 12 heavy (non-hydrogen) atoms. The molecule has 0 aliphatic heterocycles. The standard InChI is InChI=1S/C6H7ClN4O/c1-9-5(12)4-3(8)2-10-6(7)11-4/h2H,8H2,1H3,(H,9,12). The average Bonchev–Trinajstić information content (AvgIpc) is 2.08. The van der Waals surface area contributed by atoms with Crippen LogP contribution >= 0.6 is 11.6 Å². The van der Waals surface area contributed by atoms with Crippen molar-refractivity contribution in [3.63, 3.8) is 0 Å². The van der Waals surface area contributed by atoms with Crippen LogP contribution in [0, 0.1) is 0 Å². The van der Waals surface area contributed by atoms with Crippen LogP contribution in [-0.2, 0) is 0 Å². The van der Waals surface area contributed by atoms with E-state index in [1.807, 2.05) is 0 Å². The highest BCUT2D eigenvalue weighted by Crippen LogP contribution is 2.09. The van der Waals surface area contributed by atoms with Gasteiger partial charge in [-0.1, -0.05) is 0 Å². The minimum atomic E-state index is -0.378. The van der Waals surface area contributed by atoms with Crippen LogP contribution in [0.15, 0.2) is 6.20 Å². The van der Waals surface area contributed by atoms with E-state index in [2.05, 4.69) is 15.3 Å². The number of halogens is 1. The molecule has 0 saturated heterocycles. The molecular formula is C6H7ClN4O. The molecule has 0 spiro atoms. The second-order valence-corrected chi connectivity index (χ2v) is 2.36. The van der Waals surface area contributed by atoms with Crippen molar-refractivity contribution in [2.45, 2.75) is 0 Å². The highest BCUT2D eigenvalue weighted by atomic mass is 35.5. The summed E-state index contributed by atoms with van der Waals surface area (Å²) >= 11 is 5.46. The predicted molar refractivity (Wildman–Crippen MR) is 44.8 cm³/mol. The first-order chi connectivity index (χ1) is 5.65. The number of nitrogens with one attached hydrogen (secondary N) is 1. The number of carbonyl (C=O) groups is 1. The second-order valence-electron chi connectivity index (χ2n) is 2.02. The minimum absolute atomic E-state index is 0.00259. The maximum absolute atomic E-state index is 11.0. The maximum atomic E-state index is 11.0. The Labute approximate surface area is 74.0 Å². The average molecular weight is 187 g/mol. The summed E-state index contributed by atoms with van der Waals surface area (Å²) in [7, 11) is 1.48. The number of rotatable bonds is 1. The normalized spacial score (nSPS) is 9.50. The SMILES string of the molecule is CNC(=O)c1nc(Cl)ncc1N. The Balaban J connectivity index is 3.13. The van der Waals surface area contributed by atoms with Gasteiger partial charge in [-0.15, -0.1) is 0 Å². The molecular weight excluding hydrogens is 180 g/mol. The first kappa shape index (κ1) is 8.73. The molecule has 5 nitrogen and oxygen atoms in total. The van der Waals surface area contributed by atoms with E-state index in [-0.39, 0.29) is 22.6 Å².